The number of carbonyl (C=O) groups excluding carboxylic acids is 1. The monoisotopic (exact) mass is 297 g/mol. The molecule has 2 aromatic carbocycles. The fraction of sp³-hybridized carbons (Fsp3) is 0.316. The van der Waals surface area contributed by atoms with E-state index in [1.165, 1.54) is 0 Å². The van der Waals surface area contributed by atoms with Gasteiger partial charge in [-0.05, 0) is 43.2 Å². The lowest BCUT2D eigenvalue weighted by atomic mass is 9.77. The maximum Gasteiger partial charge on any atom is 0.234 e. The number of anilines is 1. The van der Waals surface area contributed by atoms with Crippen molar-refractivity contribution in [1.29, 1.82) is 0 Å². The Morgan fingerprint density at radius 2 is 1.73 bits per heavy atom. The van der Waals surface area contributed by atoms with Gasteiger partial charge < -0.3 is 10.1 Å². The number of amides is 1. The van der Waals surface area contributed by atoms with Crippen molar-refractivity contribution in [2.75, 3.05) is 12.4 Å². The smallest absolute Gasteiger partial charge is 0.234 e. The molecule has 3 nitrogen and oxygen atoms in total. The summed E-state index contributed by atoms with van der Waals surface area (Å²) in [5, 5.41) is 3.02. The van der Waals surface area contributed by atoms with Crippen molar-refractivity contribution < 1.29 is 9.53 Å². The number of ether oxygens (including phenoxy) is 1. The maximum atomic E-state index is 12.8. The zero-order valence-electron chi connectivity index (χ0n) is 13.4. The number of hydrogen-bond donors (Lipinski definition) is 1. The summed E-state index contributed by atoms with van der Waals surface area (Å²) in [6.07, 6.45) is 1.72. The summed E-state index contributed by atoms with van der Waals surface area (Å²) < 4.78 is 5.20. The zero-order chi connectivity index (χ0) is 16.0. The Hall–Kier alpha value is -2.29. The maximum absolute atomic E-state index is 12.8. The lowest BCUT2D eigenvalue weighted by Crippen LogP contribution is -2.37. The van der Waals surface area contributed by atoms with Crippen molar-refractivity contribution in [1.82, 2.24) is 0 Å². The summed E-state index contributed by atoms with van der Waals surface area (Å²) in [6.45, 7) is 4.09. The van der Waals surface area contributed by atoms with E-state index in [1.54, 1.807) is 7.11 Å². The Bertz CT molecular complexity index is 607. The minimum Gasteiger partial charge on any atom is -0.497 e. The summed E-state index contributed by atoms with van der Waals surface area (Å²) in [4.78, 5) is 12.8. The van der Waals surface area contributed by atoms with Crippen LogP contribution in [0, 0.1) is 0 Å². The Labute approximate surface area is 132 Å². The molecule has 0 aromatic heterocycles. The quantitative estimate of drug-likeness (QED) is 0.858. The van der Waals surface area contributed by atoms with Crippen molar-refractivity contribution >= 4 is 11.6 Å². The first-order valence-corrected chi connectivity index (χ1v) is 7.61. The van der Waals surface area contributed by atoms with E-state index in [9.17, 15) is 4.79 Å². The van der Waals surface area contributed by atoms with Gasteiger partial charge in [0.2, 0.25) is 5.91 Å². The molecule has 0 heterocycles. The molecule has 0 saturated heterocycles. The molecule has 1 atom stereocenters. The third-order valence-corrected chi connectivity index (χ3v) is 4.01. The number of carbonyl (C=O) groups is 1. The first-order valence-electron chi connectivity index (χ1n) is 7.61. The van der Waals surface area contributed by atoms with Gasteiger partial charge in [-0.3, -0.25) is 4.79 Å². The molecule has 0 saturated carbocycles. The van der Waals surface area contributed by atoms with Gasteiger partial charge in [-0.25, -0.2) is 0 Å². The molecule has 0 radical (unpaired) electrons. The molecule has 0 spiro atoms. The van der Waals surface area contributed by atoms with Gasteiger partial charge in [0.05, 0.1) is 12.5 Å². The molecular formula is C19H23NO2. The molecule has 3 heteroatoms. The summed E-state index contributed by atoms with van der Waals surface area (Å²) in [5.74, 6) is 0.816. The van der Waals surface area contributed by atoms with Crippen molar-refractivity contribution in [2.24, 2.45) is 0 Å². The zero-order valence-corrected chi connectivity index (χ0v) is 13.4. The van der Waals surface area contributed by atoms with Crippen molar-refractivity contribution in [3.05, 3.63) is 60.2 Å². The second-order valence-electron chi connectivity index (χ2n) is 5.63. The van der Waals surface area contributed by atoms with Crippen molar-refractivity contribution in [3.8, 4) is 5.75 Å². The van der Waals surface area contributed by atoms with Gasteiger partial charge >= 0.3 is 0 Å². The predicted octanol–water partition coefficient (Wildman–Crippen LogP) is 4.39. The van der Waals surface area contributed by atoms with Crippen LogP contribution in [0.3, 0.4) is 0 Å². The second kappa shape index (κ2) is 7.12. The highest BCUT2D eigenvalue weighted by Crippen LogP contribution is 2.32. The van der Waals surface area contributed by atoms with Crippen molar-refractivity contribution in [2.45, 2.75) is 32.1 Å². The van der Waals surface area contributed by atoms with E-state index in [1.807, 2.05) is 61.5 Å². The van der Waals surface area contributed by atoms with Crippen LogP contribution < -0.4 is 10.1 Å². The molecule has 2 rings (SSSR count). The second-order valence-corrected chi connectivity index (χ2v) is 5.63. The van der Waals surface area contributed by atoms with Crippen LogP contribution >= 0.6 is 0 Å². The van der Waals surface area contributed by atoms with Crippen LogP contribution in [0.25, 0.3) is 0 Å². The molecule has 116 valence electrons. The number of benzene rings is 2. The molecule has 1 N–H and O–H groups in total. The van der Waals surface area contributed by atoms with Gasteiger partial charge in [-0.1, -0.05) is 43.7 Å². The Morgan fingerprint density at radius 1 is 1.09 bits per heavy atom. The van der Waals surface area contributed by atoms with Crippen LogP contribution in [-0.4, -0.2) is 13.0 Å². The molecule has 0 bridgehead atoms. The summed E-state index contributed by atoms with van der Waals surface area (Å²) in [7, 11) is 1.64. The fourth-order valence-corrected chi connectivity index (χ4v) is 2.64. The fourth-order valence-electron chi connectivity index (χ4n) is 2.64. The predicted molar refractivity (Wildman–Crippen MR) is 90.3 cm³/mol. The Kier molecular flexibility index (Phi) is 5.21. The number of methoxy groups -OCH3 is 1. The molecule has 0 aliphatic heterocycles. The van der Waals surface area contributed by atoms with Crippen LogP contribution in [0.2, 0.25) is 0 Å². The lowest BCUT2D eigenvalue weighted by molar-refractivity contribution is -0.121. The SMILES string of the molecule is CCCC(C)(C(=O)Nc1ccccc1)c1ccc(OC)cc1. The minimum atomic E-state index is -0.559. The van der Waals surface area contributed by atoms with Crippen LogP contribution in [0.15, 0.2) is 54.6 Å². The standard InChI is InChI=1S/C19H23NO2/c1-4-14-19(2,15-10-12-17(22-3)13-11-15)18(21)20-16-8-6-5-7-9-16/h5-13H,4,14H2,1-3H3,(H,20,21). The van der Waals surface area contributed by atoms with Gasteiger partial charge in [0, 0.05) is 5.69 Å². The Morgan fingerprint density at radius 3 is 2.27 bits per heavy atom. The summed E-state index contributed by atoms with van der Waals surface area (Å²) in [6, 6.07) is 17.3. The lowest BCUT2D eigenvalue weighted by Gasteiger charge is -2.29. The molecular weight excluding hydrogens is 274 g/mol. The average Bonchev–Trinajstić information content (AvgIpc) is 2.56. The van der Waals surface area contributed by atoms with Gasteiger partial charge in [-0.15, -0.1) is 0 Å². The Balaban J connectivity index is 2.27. The molecule has 1 unspecified atom stereocenters. The summed E-state index contributed by atoms with van der Waals surface area (Å²) >= 11 is 0. The normalized spacial score (nSPS) is 13.2. The molecule has 0 fully saturated rings. The molecule has 1 amide bonds. The highest BCUT2D eigenvalue weighted by Gasteiger charge is 2.34. The van der Waals surface area contributed by atoms with Crippen molar-refractivity contribution in [3.63, 3.8) is 0 Å². The molecule has 22 heavy (non-hydrogen) atoms. The van der Waals surface area contributed by atoms with Crippen LogP contribution in [0.5, 0.6) is 5.75 Å². The number of hydrogen-bond acceptors (Lipinski definition) is 2. The molecule has 2 aromatic rings. The van der Waals surface area contributed by atoms with Crippen LogP contribution in [0.4, 0.5) is 5.69 Å². The van der Waals surface area contributed by atoms with E-state index in [0.29, 0.717) is 0 Å². The minimum absolute atomic E-state index is 0.0192. The first-order chi connectivity index (χ1) is 10.6. The van der Waals surface area contributed by atoms with E-state index in [-0.39, 0.29) is 5.91 Å². The van der Waals surface area contributed by atoms with Crippen LogP contribution in [-0.2, 0) is 10.2 Å². The van der Waals surface area contributed by atoms with E-state index < -0.39 is 5.41 Å². The third kappa shape index (κ3) is 3.48. The number of nitrogens with one attached hydrogen (secondary N) is 1. The van der Waals surface area contributed by atoms with E-state index in [0.717, 1.165) is 29.8 Å². The largest absolute Gasteiger partial charge is 0.497 e. The molecule has 0 aliphatic carbocycles. The van der Waals surface area contributed by atoms with Gasteiger partial charge in [0.25, 0.3) is 0 Å². The van der Waals surface area contributed by atoms with E-state index >= 15 is 0 Å². The van der Waals surface area contributed by atoms with Gasteiger partial charge in [0.1, 0.15) is 5.75 Å². The number of para-hydroxylation sites is 1. The highest BCUT2D eigenvalue weighted by atomic mass is 16.5. The van der Waals surface area contributed by atoms with E-state index in [4.69, 9.17) is 4.74 Å². The van der Waals surface area contributed by atoms with Crippen LogP contribution in [0.1, 0.15) is 32.3 Å². The van der Waals surface area contributed by atoms with E-state index in [2.05, 4.69) is 12.2 Å². The van der Waals surface area contributed by atoms with Gasteiger partial charge in [-0.2, -0.15) is 0 Å². The first kappa shape index (κ1) is 16.1. The third-order valence-electron chi connectivity index (χ3n) is 4.01. The average molecular weight is 297 g/mol. The topological polar surface area (TPSA) is 38.3 Å². The highest BCUT2D eigenvalue weighted by molar-refractivity contribution is 5.98. The van der Waals surface area contributed by atoms with Gasteiger partial charge in [0.15, 0.2) is 0 Å². The summed E-state index contributed by atoms with van der Waals surface area (Å²) in [5.41, 5.74) is 1.27. The molecule has 0 aliphatic rings. The number of rotatable bonds is 6.